The summed E-state index contributed by atoms with van der Waals surface area (Å²) >= 11 is 0. The number of carbonyl (C=O) groups is 2. The number of benzene rings is 1. The molecule has 1 aromatic carbocycles. The Kier molecular flexibility index (Phi) is 7.88. The topological polar surface area (TPSA) is 222 Å². The van der Waals surface area contributed by atoms with Crippen LogP contribution in [0.2, 0.25) is 0 Å². The molecule has 0 radical (unpaired) electrons. The fourth-order valence-electron chi connectivity index (χ4n) is 3.32. The van der Waals surface area contributed by atoms with E-state index in [9.17, 15) is 34.8 Å². The molecular weight excluding hydrogens is 523 g/mol. The van der Waals surface area contributed by atoms with Crippen molar-refractivity contribution < 1.29 is 56.9 Å². The third-order valence-electron chi connectivity index (χ3n) is 4.45. The predicted octanol–water partition coefficient (Wildman–Crippen LogP) is -1.97. The van der Waals surface area contributed by atoms with E-state index in [0.717, 1.165) is 35.3 Å². The SMILES string of the molecule is O=C(C=Cc1ccc(OS(=O)(=O)O)c(OS(=O)(=O)O)c1)N1CC[C@@H]2[C@H]1C(=O)N2S(=O)(=O)O.[NaH]. The summed E-state index contributed by atoms with van der Waals surface area (Å²) in [4.78, 5) is 25.5. The number of amides is 2. The van der Waals surface area contributed by atoms with Gasteiger partial charge < -0.3 is 13.3 Å². The molecule has 0 saturated carbocycles. The molecule has 1 aromatic rings. The molecule has 15 nitrogen and oxygen atoms in total. The van der Waals surface area contributed by atoms with Gasteiger partial charge in [0, 0.05) is 12.6 Å². The van der Waals surface area contributed by atoms with Crippen molar-refractivity contribution in [1.82, 2.24) is 9.21 Å². The van der Waals surface area contributed by atoms with E-state index in [-0.39, 0.29) is 48.1 Å². The number of hydrogen-bond acceptors (Lipinski definition) is 10. The van der Waals surface area contributed by atoms with Crippen molar-refractivity contribution in [2.24, 2.45) is 0 Å². The zero-order chi connectivity index (χ0) is 24.1. The number of likely N-dealkylation sites (tertiary alicyclic amines) is 1. The van der Waals surface area contributed by atoms with Gasteiger partial charge in [0.2, 0.25) is 5.91 Å². The average molecular weight is 538 g/mol. The van der Waals surface area contributed by atoms with Gasteiger partial charge in [0.1, 0.15) is 6.04 Å². The van der Waals surface area contributed by atoms with E-state index in [0.29, 0.717) is 4.31 Å². The van der Waals surface area contributed by atoms with Crippen LogP contribution in [0.3, 0.4) is 0 Å². The summed E-state index contributed by atoms with van der Waals surface area (Å²) in [6.07, 6.45) is 2.19. The van der Waals surface area contributed by atoms with Crippen LogP contribution < -0.4 is 8.37 Å². The zero-order valence-corrected chi connectivity index (χ0v) is 17.9. The molecule has 0 aromatic heterocycles. The maximum atomic E-state index is 12.4. The van der Waals surface area contributed by atoms with Gasteiger partial charge in [-0.1, -0.05) is 6.07 Å². The molecule has 3 N–H and O–H groups in total. The van der Waals surface area contributed by atoms with Gasteiger partial charge in [-0.3, -0.25) is 23.2 Å². The number of hydrogen-bond donors (Lipinski definition) is 3. The second-order valence-corrected chi connectivity index (χ2v) is 9.84. The Hall–Kier alpha value is -1.77. The van der Waals surface area contributed by atoms with Crippen LogP contribution in [-0.2, 0) is 40.7 Å². The first-order valence-electron chi connectivity index (χ1n) is 8.34. The fraction of sp³-hybridized carbons (Fsp3) is 0.286. The second kappa shape index (κ2) is 9.47. The van der Waals surface area contributed by atoms with Crippen molar-refractivity contribution in [3.8, 4) is 11.5 Å². The molecule has 2 aliphatic rings. The van der Waals surface area contributed by atoms with Gasteiger partial charge in [0.05, 0.1) is 6.04 Å². The molecule has 2 saturated heterocycles. The van der Waals surface area contributed by atoms with E-state index in [2.05, 4.69) is 8.37 Å². The molecule has 2 amide bonds. The quantitative estimate of drug-likeness (QED) is 0.148. The molecule has 19 heteroatoms. The molecule has 0 bridgehead atoms. The monoisotopic (exact) mass is 538 g/mol. The minimum absolute atomic E-state index is 0. The van der Waals surface area contributed by atoms with Gasteiger partial charge >= 0.3 is 60.7 Å². The first-order valence-corrected chi connectivity index (χ1v) is 12.5. The standard InChI is InChI=1S/C14H14N2O13S3.Na.H/c17-12(15-6-5-9-13(15)14(18)16(9)30(19,20)21)4-2-8-1-3-10(28-31(22,23)24)11(7-8)29-32(25,26)27;;/h1-4,7,9,13H,5-6H2,(H,19,20,21)(H,22,23,24)(H,25,26,27);;/t9-,13+;;/m1../s1. The molecule has 33 heavy (non-hydrogen) atoms. The van der Waals surface area contributed by atoms with E-state index in [1.807, 2.05) is 0 Å². The van der Waals surface area contributed by atoms with Crippen LogP contribution in [0.5, 0.6) is 11.5 Å². The minimum atomic E-state index is -5.11. The molecular formula is C14H15N2NaO13S3. The number of nitrogens with zero attached hydrogens (tertiary/aromatic N) is 2. The predicted molar refractivity (Wildman–Crippen MR) is 109 cm³/mol. The van der Waals surface area contributed by atoms with Gasteiger partial charge in [0.15, 0.2) is 11.5 Å². The van der Waals surface area contributed by atoms with Crippen LogP contribution in [0.15, 0.2) is 24.3 Å². The van der Waals surface area contributed by atoms with Gasteiger partial charge in [-0.15, -0.1) is 0 Å². The molecule has 2 heterocycles. The van der Waals surface area contributed by atoms with Crippen LogP contribution in [0.25, 0.3) is 6.08 Å². The Bertz CT molecular complexity index is 1320. The van der Waals surface area contributed by atoms with Crippen molar-refractivity contribution >= 4 is 78.5 Å². The Labute approximate surface area is 210 Å². The van der Waals surface area contributed by atoms with E-state index in [1.165, 1.54) is 0 Å². The molecule has 0 unspecified atom stereocenters. The molecule has 0 aliphatic carbocycles. The third-order valence-corrected chi connectivity index (χ3v) is 6.17. The number of fused-ring (bicyclic) bond motifs is 1. The second-order valence-electron chi connectivity index (χ2n) is 6.51. The first kappa shape index (κ1) is 27.5. The summed E-state index contributed by atoms with van der Waals surface area (Å²) < 4.78 is 101. The molecule has 2 aliphatic heterocycles. The first-order chi connectivity index (χ1) is 14.6. The Balaban J connectivity index is 0.00000385. The number of carbonyl (C=O) groups excluding carboxylic acids is 2. The summed E-state index contributed by atoms with van der Waals surface area (Å²) in [7, 11) is -14.9. The molecule has 2 atom stereocenters. The Morgan fingerprint density at radius 3 is 2.12 bits per heavy atom. The van der Waals surface area contributed by atoms with E-state index < -0.39 is 66.5 Å². The van der Waals surface area contributed by atoms with Crippen LogP contribution in [-0.4, -0.2) is 108 Å². The molecule has 3 rings (SSSR count). The van der Waals surface area contributed by atoms with Gasteiger partial charge in [-0.05, 0) is 30.2 Å². The van der Waals surface area contributed by atoms with Gasteiger partial charge in [-0.2, -0.15) is 25.3 Å². The van der Waals surface area contributed by atoms with Crippen LogP contribution in [0, 0.1) is 0 Å². The molecule has 178 valence electrons. The average Bonchev–Trinajstić information content (AvgIpc) is 2.96. The molecule has 2 fully saturated rings. The van der Waals surface area contributed by atoms with Crippen molar-refractivity contribution in [1.29, 1.82) is 0 Å². The van der Waals surface area contributed by atoms with E-state index >= 15 is 0 Å². The summed E-state index contributed by atoms with van der Waals surface area (Å²) in [5.74, 6) is -3.30. The normalized spacial score (nSPS) is 20.8. The zero-order valence-electron chi connectivity index (χ0n) is 15.5. The van der Waals surface area contributed by atoms with Crippen molar-refractivity contribution in [2.75, 3.05) is 6.54 Å². The van der Waals surface area contributed by atoms with Gasteiger partial charge in [-0.25, -0.2) is 4.31 Å². The number of rotatable bonds is 7. The Morgan fingerprint density at radius 1 is 1.00 bits per heavy atom. The van der Waals surface area contributed by atoms with Crippen LogP contribution in [0.1, 0.15) is 12.0 Å². The van der Waals surface area contributed by atoms with Crippen molar-refractivity contribution in [3.05, 3.63) is 29.8 Å². The molecule has 0 spiro atoms. The van der Waals surface area contributed by atoms with Crippen LogP contribution >= 0.6 is 0 Å². The summed E-state index contributed by atoms with van der Waals surface area (Å²) in [5, 5.41) is 0. The van der Waals surface area contributed by atoms with Crippen molar-refractivity contribution in [3.63, 3.8) is 0 Å². The fourth-order valence-corrected chi connectivity index (χ4v) is 4.94. The Morgan fingerprint density at radius 2 is 1.58 bits per heavy atom. The summed E-state index contributed by atoms with van der Waals surface area (Å²) in [6, 6.07) is 0.908. The number of β-lactam (4-membered cyclic amide) rings is 1. The third kappa shape index (κ3) is 6.43. The van der Waals surface area contributed by atoms with E-state index in [1.54, 1.807) is 0 Å². The summed E-state index contributed by atoms with van der Waals surface area (Å²) in [5.41, 5.74) is 0.0509. The van der Waals surface area contributed by atoms with Crippen LogP contribution in [0.4, 0.5) is 0 Å². The van der Waals surface area contributed by atoms with E-state index in [4.69, 9.17) is 13.7 Å². The van der Waals surface area contributed by atoms with Gasteiger partial charge in [0.25, 0.3) is 5.91 Å². The summed E-state index contributed by atoms with van der Waals surface area (Å²) in [6.45, 7) is 0.0223. The van der Waals surface area contributed by atoms with Crippen molar-refractivity contribution in [2.45, 2.75) is 18.5 Å². The maximum absolute atomic E-state index is 12.4.